The molecule has 13 heavy (non-hydrogen) atoms. The molecule has 0 heterocycles. The SMILES string of the molecule is CCSc1cccc(C#N)c1C#N. The second-order valence-corrected chi connectivity index (χ2v) is 3.64. The molecule has 0 aliphatic rings. The van der Waals surface area contributed by atoms with Gasteiger partial charge >= 0.3 is 0 Å². The third-order valence-electron chi connectivity index (χ3n) is 1.56. The van der Waals surface area contributed by atoms with Crippen molar-refractivity contribution in [1.29, 1.82) is 10.5 Å². The normalized spacial score (nSPS) is 8.85. The van der Waals surface area contributed by atoms with E-state index in [1.54, 1.807) is 23.9 Å². The van der Waals surface area contributed by atoms with E-state index in [2.05, 4.69) is 6.07 Å². The van der Waals surface area contributed by atoms with Crippen LogP contribution in [-0.2, 0) is 0 Å². The number of nitriles is 2. The molecule has 0 spiro atoms. The Hall–Kier alpha value is -1.45. The molecule has 0 saturated heterocycles. The predicted octanol–water partition coefficient (Wildman–Crippen LogP) is 2.54. The fourth-order valence-electron chi connectivity index (χ4n) is 1.02. The zero-order valence-corrected chi connectivity index (χ0v) is 8.06. The minimum atomic E-state index is 0.459. The summed E-state index contributed by atoms with van der Waals surface area (Å²) in [6.07, 6.45) is 0. The van der Waals surface area contributed by atoms with Crippen LogP contribution in [0.1, 0.15) is 18.1 Å². The molecule has 0 aromatic heterocycles. The van der Waals surface area contributed by atoms with Crippen LogP contribution >= 0.6 is 11.8 Å². The molecule has 2 nitrogen and oxygen atoms in total. The summed E-state index contributed by atoms with van der Waals surface area (Å²) in [6, 6.07) is 9.40. The Morgan fingerprint density at radius 1 is 1.31 bits per heavy atom. The van der Waals surface area contributed by atoms with Crippen LogP contribution in [0.3, 0.4) is 0 Å². The van der Waals surface area contributed by atoms with E-state index >= 15 is 0 Å². The Balaban J connectivity index is 3.23. The maximum absolute atomic E-state index is 8.84. The van der Waals surface area contributed by atoms with Crippen molar-refractivity contribution in [2.24, 2.45) is 0 Å². The van der Waals surface area contributed by atoms with Gasteiger partial charge in [0.05, 0.1) is 11.1 Å². The van der Waals surface area contributed by atoms with Crippen molar-refractivity contribution in [3.63, 3.8) is 0 Å². The van der Waals surface area contributed by atoms with Gasteiger partial charge in [-0.15, -0.1) is 11.8 Å². The fraction of sp³-hybridized carbons (Fsp3) is 0.200. The largest absolute Gasteiger partial charge is 0.192 e. The molecule has 1 aromatic carbocycles. The maximum atomic E-state index is 8.84. The number of thioether (sulfide) groups is 1. The van der Waals surface area contributed by atoms with Gasteiger partial charge in [0.2, 0.25) is 0 Å². The van der Waals surface area contributed by atoms with Crippen LogP contribution in [0, 0.1) is 22.7 Å². The van der Waals surface area contributed by atoms with E-state index in [0.29, 0.717) is 11.1 Å². The maximum Gasteiger partial charge on any atom is 0.102 e. The molecular weight excluding hydrogens is 180 g/mol. The third kappa shape index (κ3) is 2.02. The lowest BCUT2D eigenvalue weighted by Crippen LogP contribution is -1.87. The fourth-order valence-corrected chi connectivity index (χ4v) is 1.80. The highest BCUT2D eigenvalue weighted by Gasteiger charge is 2.06. The van der Waals surface area contributed by atoms with E-state index in [4.69, 9.17) is 10.5 Å². The number of rotatable bonds is 2. The zero-order valence-electron chi connectivity index (χ0n) is 7.24. The van der Waals surface area contributed by atoms with E-state index in [0.717, 1.165) is 10.6 Å². The number of benzene rings is 1. The molecule has 64 valence electrons. The van der Waals surface area contributed by atoms with E-state index in [9.17, 15) is 0 Å². The van der Waals surface area contributed by atoms with Gasteiger partial charge < -0.3 is 0 Å². The molecule has 0 aliphatic heterocycles. The number of hydrogen-bond donors (Lipinski definition) is 0. The van der Waals surface area contributed by atoms with Crippen molar-refractivity contribution in [2.45, 2.75) is 11.8 Å². The predicted molar refractivity (Wildman–Crippen MR) is 52.3 cm³/mol. The smallest absolute Gasteiger partial charge is 0.102 e. The van der Waals surface area contributed by atoms with Gasteiger partial charge in [-0.1, -0.05) is 13.0 Å². The van der Waals surface area contributed by atoms with Gasteiger partial charge in [0.25, 0.3) is 0 Å². The summed E-state index contributed by atoms with van der Waals surface area (Å²) in [5.74, 6) is 0.906. The lowest BCUT2D eigenvalue weighted by atomic mass is 10.1. The second kappa shape index (κ2) is 4.54. The van der Waals surface area contributed by atoms with Gasteiger partial charge in [0, 0.05) is 4.90 Å². The molecule has 1 aromatic rings. The van der Waals surface area contributed by atoms with Crippen molar-refractivity contribution in [1.82, 2.24) is 0 Å². The first kappa shape index (κ1) is 9.64. The molecule has 0 aliphatic carbocycles. The summed E-state index contributed by atoms with van der Waals surface area (Å²) in [6.45, 7) is 2.02. The van der Waals surface area contributed by atoms with E-state index < -0.39 is 0 Å². The minimum Gasteiger partial charge on any atom is -0.192 e. The Kier molecular flexibility index (Phi) is 3.37. The van der Waals surface area contributed by atoms with Crippen LogP contribution in [0.5, 0.6) is 0 Å². The van der Waals surface area contributed by atoms with Gasteiger partial charge in [0.1, 0.15) is 12.1 Å². The van der Waals surface area contributed by atoms with Gasteiger partial charge in [-0.25, -0.2) is 0 Å². The minimum absolute atomic E-state index is 0.459. The van der Waals surface area contributed by atoms with Crippen LogP contribution in [0.25, 0.3) is 0 Å². The Morgan fingerprint density at radius 3 is 2.62 bits per heavy atom. The summed E-state index contributed by atoms with van der Waals surface area (Å²) < 4.78 is 0. The summed E-state index contributed by atoms with van der Waals surface area (Å²) in [5.41, 5.74) is 0.956. The van der Waals surface area contributed by atoms with Crippen molar-refractivity contribution >= 4 is 11.8 Å². The Morgan fingerprint density at radius 2 is 2.08 bits per heavy atom. The number of nitrogens with zero attached hydrogens (tertiary/aromatic N) is 2. The third-order valence-corrected chi connectivity index (χ3v) is 2.50. The topological polar surface area (TPSA) is 47.6 Å². The van der Waals surface area contributed by atoms with Crippen LogP contribution in [-0.4, -0.2) is 5.75 Å². The molecule has 0 amide bonds. The Bertz CT molecular complexity index is 385. The average molecular weight is 188 g/mol. The summed E-state index contributed by atoms with van der Waals surface area (Å²) in [7, 11) is 0. The van der Waals surface area contributed by atoms with Crippen molar-refractivity contribution in [3.05, 3.63) is 29.3 Å². The van der Waals surface area contributed by atoms with E-state index in [1.165, 1.54) is 0 Å². The zero-order chi connectivity index (χ0) is 9.68. The highest BCUT2D eigenvalue weighted by molar-refractivity contribution is 7.99. The highest BCUT2D eigenvalue weighted by Crippen LogP contribution is 2.24. The molecule has 0 unspecified atom stereocenters. The van der Waals surface area contributed by atoms with Gasteiger partial charge in [-0.3, -0.25) is 0 Å². The van der Waals surface area contributed by atoms with Crippen LogP contribution in [0.2, 0.25) is 0 Å². The van der Waals surface area contributed by atoms with Crippen molar-refractivity contribution in [3.8, 4) is 12.1 Å². The molecule has 1 rings (SSSR count). The molecule has 3 heteroatoms. The van der Waals surface area contributed by atoms with E-state index in [-0.39, 0.29) is 0 Å². The van der Waals surface area contributed by atoms with Crippen LogP contribution < -0.4 is 0 Å². The van der Waals surface area contributed by atoms with Crippen molar-refractivity contribution in [2.75, 3.05) is 5.75 Å². The molecular formula is C10H8N2S. The molecule has 0 radical (unpaired) electrons. The average Bonchev–Trinajstić information content (AvgIpc) is 2.18. The van der Waals surface area contributed by atoms with Gasteiger partial charge in [-0.05, 0) is 17.9 Å². The molecule has 0 fully saturated rings. The quantitative estimate of drug-likeness (QED) is 0.670. The first-order valence-electron chi connectivity index (χ1n) is 3.89. The first-order chi connectivity index (χ1) is 6.33. The summed E-state index contributed by atoms with van der Waals surface area (Å²) in [4.78, 5) is 0.893. The molecule has 0 N–H and O–H groups in total. The molecule has 0 atom stereocenters. The summed E-state index contributed by atoms with van der Waals surface area (Å²) in [5, 5.41) is 17.6. The lowest BCUT2D eigenvalue weighted by molar-refractivity contribution is 1.32. The lowest BCUT2D eigenvalue weighted by Gasteiger charge is -2.01. The molecule has 0 saturated carbocycles. The highest BCUT2D eigenvalue weighted by atomic mass is 32.2. The summed E-state index contributed by atoms with van der Waals surface area (Å²) >= 11 is 1.58. The Labute approximate surface area is 81.8 Å². The van der Waals surface area contributed by atoms with Crippen molar-refractivity contribution < 1.29 is 0 Å². The van der Waals surface area contributed by atoms with Gasteiger partial charge in [-0.2, -0.15) is 10.5 Å². The standard InChI is InChI=1S/C10H8N2S/c1-2-13-10-5-3-4-8(6-11)9(10)7-12/h3-5H,2H2,1H3. The van der Waals surface area contributed by atoms with Gasteiger partial charge in [0.15, 0.2) is 0 Å². The van der Waals surface area contributed by atoms with E-state index in [1.807, 2.05) is 19.1 Å². The second-order valence-electron chi connectivity index (χ2n) is 2.34. The monoisotopic (exact) mass is 188 g/mol. The molecule has 0 bridgehead atoms. The van der Waals surface area contributed by atoms with Crippen LogP contribution in [0.4, 0.5) is 0 Å². The van der Waals surface area contributed by atoms with Crippen LogP contribution in [0.15, 0.2) is 23.1 Å². The number of hydrogen-bond acceptors (Lipinski definition) is 3. The first-order valence-corrected chi connectivity index (χ1v) is 4.88.